The quantitative estimate of drug-likeness (QED) is 0.208. The van der Waals surface area contributed by atoms with Gasteiger partial charge in [0.25, 0.3) is 0 Å². The van der Waals surface area contributed by atoms with E-state index < -0.39 is 78.6 Å². The lowest BCUT2D eigenvalue weighted by Gasteiger charge is -2.40. The molecule has 2 N–H and O–H groups in total. The van der Waals surface area contributed by atoms with Gasteiger partial charge in [0.1, 0.15) is 30.8 Å². The van der Waals surface area contributed by atoms with E-state index in [-0.39, 0.29) is 24.4 Å². The molecule has 1 saturated carbocycles. The van der Waals surface area contributed by atoms with Crippen LogP contribution in [0.2, 0.25) is 0 Å². The number of amides is 6. The highest BCUT2D eigenvalue weighted by atomic mass is 16.5. The van der Waals surface area contributed by atoms with Crippen LogP contribution in [0.3, 0.4) is 0 Å². The van der Waals surface area contributed by atoms with Crippen LogP contribution in [-0.4, -0.2) is 149 Å². The number of ether oxygens (including phenoxy) is 1. The minimum Gasteiger partial charge on any atom is -0.481 e. The Hall–Kier alpha value is -5.47. The minimum atomic E-state index is -1.29. The van der Waals surface area contributed by atoms with Gasteiger partial charge in [-0.25, -0.2) is 4.79 Å². The summed E-state index contributed by atoms with van der Waals surface area (Å²) >= 11 is 0. The summed E-state index contributed by atoms with van der Waals surface area (Å²) in [6.07, 6.45) is 6.74. The number of alkyl carbamates (subject to hydrolysis) is 1. The number of rotatable bonds is 17. The van der Waals surface area contributed by atoms with E-state index in [1.807, 2.05) is 50.2 Å². The van der Waals surface area contributed by atoms with E-state index in [2.05, 4.69) is 17.4 Å². The molecular weight excluding hydrogens is 817 g/mol. The summed E-state index contributed by atoms with van der Waals surface area (Å²) in [6.45, 7) is 5.70. The largest absolute Gasteiger partial charge is 0.481 e. The molecular formula is C49H68N6O9. The van der Waals surface area contributed by atoms with Crippen molar-refractivity contribution < 1.29 is 43.4 Å². The molecule has 2 aromatic carbocycles. The number of fused-ring (bicyclic) bond motifs is 3. The van der Waals surface area contributed by atoms with Gasteiger partial charge >= 0.3 is 12.1 Å². The molecule has 0 aromatic heterocycles. The van der Waals surface area contributed by atoms with Gasteiger partial charge in [0.2, 0.25) is 29.5 Å². The third-order valence-corrected chi connectivity index (χ3v) is 14.3. The first-order chi connectivity index (χ1) is 30.7. The predicted octanol–water partition coefficient (Wildman–Crippen LogP) is 5.50. The molecule has 0 unspecified atom stereocenters. The number of carboxylic acid groups (broad SMARTS) is 1. The van der Waals surface area contributed by atoms with Crippen LogP contribution in [-0.2, 0) is 33.5 Å². The molecule has 64 heavy (non-hydrogen) atoms. The summed E-state index contributed by atoms with van der Waals surface area (Å²) in [5.41, 5.74) is 4.31. The van der Waals surface area contributed by atoms with Gasteiger partial charge in [-0.15, -0.1) is 0 Å². The number of carbonyl (C=O) groups is 7. The van der Waals surface area contributed by atoms with Crippen LogP contribution in [0.5, 0.6) is 0 Å². The van der Waals surface area contributed by atoms with Crippen LogP contribution in [0.4, 0.5) is 4.79 Å². The van der Waals surface area contributed by atoms with Crippen LogP contribution in [0.15, 0.2) is 48.5 Å². The van der Waals surface area contributed by atoms with Crippen molar-refractivity contribution in [1.29, 1.82) is 0 Å². The van der Waals surface area contributed by atoms with Crippen LogP contribution >= 0.6 is 0 Å². The number of hydrogen-bond donors (Lipinski definition) is 2. The molecule has 2 saturated heterocycles. The van der Waals surface area contributed by atoms with Crippen molar-refractivity contribution in [3.63, 3.8) is 0 Å². The van der Waals surface area contributed by atoms with Crippen LogP contribution in [0.1, 0.15) is 114 Å². The molecule has 5 atom stereocenters. The number of nitrogens with one attached hydrogen (secondary N) is 1. The summed E-state index contributed by atoms with van der Waals surface area (Å²) in [5.74, 6) is -4.48. The number of carboxylic acids is 1. The van der Waals surface area contributed by atoms with E-state index in [1.54, 1.807) is 16.8 Å². The molecule has 4 aliphatic rings. The van der Waals surface area contributed by atoms with Crippen molar-refractivity contribution in [1.82, 2.24) is 29.8 Å². The second kappa shape index (κ2) is 21.9. The van der Waals surface area contributed by atoms with E-state index in [4.69, 9.17) is 4.74 Å². The van der Waals surface area contributed by atoms with E-state index in [0.717, 1.165) is 78.5 Å². The Morgan fingerprint density at radius 3 is 1.69 bits per heavy atom. The zero-order valence-electron chi connectivity index (χ0n) is 38.3. The number of aliphatic carboxylic acids is 1. The lowest BCUT2D eigenvalue weighted by atomic mass is 9.92. The number of likely N-dealkylation sites (N-methyl/N-ethyl adjacent to an activating group) is 3. The van der Waals surface area contributed by atoms with Crippen molar-refractivity contribution in [2.24, 2.45) is 11.8 Å². The third kappa shape index (κ3) is 10.9. The Labute approximate surface area is 377 Å². The maximum absolute atomic E-state index is 15.1. The first kappa shape index (κ1) is 48.0. The molecule has 0 spiro atoms. The van der Waals surface area contributed by atoms with Gasteiger partial charge in [-0.1, -0.05) is 81.6 Å². The summed E-state index contributed by atoms with van der Waals surface area (Å²) in [5, 5.41) is 12.7. The van der Waals surface area contributed by atoms with Crippen molar-refractivity contribution in [2.75, 3.05) is 53.9 Å². The molecule has 2 aromatic rings. The zero-order chi connectivity index (χ0) is 46.1. The van der Waals surface area contributed by atoms with Crippen LogP contribution < -0.4 is 5.32 Å². The second-order valence-electron chi connectivity index (χ2n) is 18.3. The van der Waals surface area contributed by atoms with Gasteiger partial charge in [0.15, 0.2) is 0 Å². The Balaban J connectivity index is 1.22. The first-order valence-electron chi connectivity index (χ1n) is 23.4. The van der Waals surface area contributed by atoms with E-state index in [9.17, 15) is 33.9 Å². The number of carbonyl (C=O) groups excluding carboxylic acids is 6. The Morgan fingerprint density at radius 1 is 0.688 bits per heavy atom. The number of hydrogen-bond acceptors (Lipinski definition) is 8. The van der Waals surface area contributed by atoms with Crippen molar-refractivity contribution in [3.8, 4) is 11.1 Å². The Bertz CT molecular complexity index is 1960. The number of nitrogens with zero attached hydrogens (tertiary/aromatic N) is 5. The van der Waals surface area contributed by atoms with E-state index in [0.29, 0.717) is 45.4 Å². The molecule has 6 rings (SSSR count). The highest BCUT2D eigenvalue weighted by molar-refractivity contribution is 5.97. The highest BCUT2D eigenvalue weighted by Crippen LogP contribution is 2.44. The molecule has 15 nitrogen and oxygen atoms in total. The summed E-state index contributed by atoms with van der Waals surface area (Å²) < 4.78 is 5.87. The van der Waals surface area contributed by atoms with Gasteiger partial charge in [0, 0.05) is 53.2 Å². The van der Waals surface area contributed by atoms with Gasteiger partial charge in [0.05, 0.1) is 12.8 Å². The van der Waals surface area contributed by atoms with Crippen molar-refractivity contribution in [3.05, 3.63) is 59.7 Å². The van der Waals surface area contributed by atoms with Crippen molar-refractivity contribution >= 4 is 41.6 Å². The first-order valence-corrected chi connectivity index (χ1v) is 23.4. The summed E-state index contributed by atoms with van der Waals surface area (Å²) in [7, 11) is 4.43. The fourth-order valence-electron chi connectivity index (χ4n) is 10.2. The predicted molar refractivity (Wildman–Crippen MR) is 241 cm³/mol. The molecule has 2 aliphatic carbocycles. The average Bonchev–Trinajstić information content (AvgIpc) is 3.96. The van der Waals surface area contributed by atoms with Gasteiger partial charge in [-0.05, 0) is 85.5 Å². The smallest absolute Gasteiger partial charge is 0.407 e. The standard InChI is InChI=1S/C49H68N6O9/c1-6-32(2)43(50-49(63)64-31-38-36-23-13-11-21-34(36)35-22-12-14-24-37(35)38)47(61)53(5)44(33-19-9-10-20-33)48(62)52(4)39(45(59)54-25-15-7-16-26-54)29-41(56)51(3)40(30-42(57)58)46(60)55-27-17-8-18-28-55/h11-14,21-24,32-33,38-40,43-44H,6-10,15-20,25-31H2,1-5H3,(H,50,63)(H,57,58)/t32-,39-,40-,43-,44-/m0/s1. The topological polar surface area (TPSA) is 177 Å². The molecule has 0 bridgehead atoms. The van der Waals surface area contributed by atoms with E-state index in [1.165, 1.54) is 23.9 Å². The molecule has 2 aliphatic heterocycles. The summed E-state index contributed by atoms with van der Waals surface area (Å²) in [6, 6.07) is 11.5. The third-order valence-electron chi connectivity index (χ3n) is 14.3. The van der Waals surface area contributed by atoms with Crippen LogP contribution in [0, 0.1) is 11.8 Å². The lowest BCUT2D eigenvalue weighted by Crippen LogP contribution is -2.61. The summed E-state index contributed by atoms with van der Waals surface area (Å²) in [4.78, 5) is 105. The van der Waals surface area contributed by atoms with Gasteiger partial charge < -0.3 is 39.7 Å². The molecule has 15 heteroatoms. The zero-order valence-corrected chi connectivity index (χ0v) is 38.3. The Kier molecular flexibility index (Phi) is 16.5. The molecule has 2 heterocycles. The van der Waals surface area contributed by atoms with Gasteiger partial charge in [-0.2, -0.15) is 0 Å². The number of benzene rings is 2. The molecule has 6 amide bonds. The van der Waals surface area contributed by atoms with E-state index >= 15 is 4.79 Å². The second-order valence-corrected chi connectivity index (χ2v) is 18.3. The maximum atomic E-state index is 15.1. The Morgan fingerprint density at radius 2 is 1.19 bits per heavy atom. The fraction of sp³-hybridized carbons (Fsp3) is 0.612. The fourth-order valence-corrected chi connectivity index (χ4v) is 10.2. The van der Waals surface area contributed by atoms with Gasteiger partial charge in [-0.3, -0.25) is 28.8 Å². The molecule has 3 fully saturated rings. The molecule has 0 radical (unpaired) electrons. The number of piperidine rings is 2. The lowest BCUT2D eigenvalue weighted by molar-refractivity contribution is -0.156. The maximum Gasteiger partial charge on any atom is 0.407 e. The SMILES string of the molecule is CC[C@H](C)[C@H](NC(=O)OCC1c2ccccc2-c2ccccc21)C(=O)N(C)[C@H](C(=O)N(C)[C@@H](CC(=O)N(C)[C@@H](CC(=O)O)C(=O)N1CCCCC1)C(=O)N1CCCCC1)C1CCCC1. The van der Waals surface area contributed by atoms with Crippen LogP contribution in [0.25, 0.3) is 11.1 Å². The normalized spacial score (nSPS) is 18.7. The average molecular weight is 885 g/mol. The minimum absolute atomic E-state index is 0.0644. The highest BCUT2D eigenvalue weighted by Gasteiger charge is 2.45. The number of likely N-dealkylation sites (tertiary alicyclic amines) is 2. The van der Waals surface area contributed by atoms with Crippen molar-refractivity contribution in [2.45, 2.75) is 127 Å². The molecule has 348 valence electrons. The monoisotopic (exact) mass is 885 g/mol.